The Morgan fingerprint density at radius 1 is 1.28 bits per heavy atom. The molecule has 102 valence electrons. The molecule has 1 aromatic rings. The Bertz CT molecular complexity index is 396. The summed E-state index contributed by atoms with van der Waals surface area (Å²) >= 11 is 11.5. The van der Waals surface area contributed by atoms with Crippen LogP contribution in [0.5, 0.6) is 0 Å². The van der Waals surface area contributed by atoms with Gasteiger partial charge in [-0.1, -0.05) is 29.3 Å². The highest BCUT2D eigenvalue weighted by Gasteiger charge is 2.27. The van der Waals surface area contributed by atoms with Crippen LogP contribution in [0.1, 0.15) is 18.1 Å². The van der Waals surface area contributed by atoms with Crippen molar-refractivity contribution in [2.24, 2.45) is 0 Å². The first-order chi connectivity index (χ1) is 8.29. The summed E-state index contributed by atoms with van der Waals surface area (Å²) in [6, 6.07) is 4.53. The summed E-state index contributed by atoms with van der Waals surface area (Å²) in [4.78, 5) is 0. The highest BCUT2D eigenvalue weighted by molar-refractivity contribution is 6.35. The quantitative estimate of drug-likeness (QED) is 0.833. The number of hydrogen-bond donors (Lipinski definition) is 1. The SMILES string of the molecule is OC(CCOCC(F)(F)F)c1ccc(Cl)cc1Cl. The van der Waals surface area contributed by atoms with Gasteiger partial charge in [-0.05, 0) is 17.7 Å². The molecule has 0 amide bonds. The van der Waals surface area contributed by atoms with E-state index in [4.69, 9.17) is 23.2 Å². The molecule has 0 radical (unpaired) electrons. The van der Waals surface area contributed by atoms with Gasteiger partial charge in [-0.3, -0.25) is 0 Å². The van der Waals surface area contributed by atoms with Gasteiger partial charge in [0.15, 0.2) is 0 Å². The molecule has 7 heteroatoms. The maximum absolute atomic E-state index is 11.8. The van der Waals surface area contributed by atoms with Gasteiger partial charge in [0.1, 0.15) is 6.61 Å². The lowest BCUT2D eigenvalue weighted by Crippen LogP contribution is -2.18. The molecule has 1 rings (SSSR count). The van der Waals surface area contributed by atoms with Crippen molar-refractivity contribution in [1.82, 2.24) is 0 Å². The monoisotopic (exact) mass is 302 g/mol. The fourth-order valence-electron chi connectivity index (χ4n) is 1.31. The Balaban J connectivity index is 2.43. The zero-order valence-electron chi connectivity index (χ0n) is 9.18. The molecule has 1 N–H and O–H groups in total. The lowest BCUT2D eigenvalue weighted by molar-refractivity contribution is -0.175. The average Bonchev–Trinajstić information content (AvgIpc) is 2.22. The van der Waals surface area contributed by atoms with Gasteiger partial charge in [-0.2, -0.15) is 13.2 Å². The van der Waals surface area contributed by atoms with E-state index >= 15 is 0 Å². The van der Waals surface area contributed by atoms with Crippen LogP contribution in [0.4, 0.5) is 13.2 Å². The second-order valence-electron chi connectivity index (χ2n) is 3.64. The summed E-state index contributed by atoms with van der Waals surface area (Å²) in [5.41, 5.74) is 0.414. The second-order valence-corrected chi connectivity index (χ2v) is 4.48. The van der Waals surface area contributed by atoms with Crippen LogP contribution in [0.15, 0.2) is 18.2 Å². The third-order valence-electron chi connectivity index (χ3n) is 2.12. The molecule has 0 aliphatic heterocycles. The molecule has 2 nitrogen and oxygen atoms in total. The molecule has 1 atom stereocenters. The fourth-order valence-corrected chi connectivity index (χ4v) is 1.84. The normalized spacial score (nSPS) is 13.7. The zero-order valence-corrected chi connectivity index (χ0v) is 10.7. The highest BCUT2D eigenvalue weighted by Crippen LogP contribution is 2.28. The molecule has 0 fully saturated rings. The Labute approximate surface area is 112 Å². The first-order valence-electron chi connectivity index (χ1n) is 5.07. The van der Waals surface area contributed by atoms with Gasteiger partial charge < -0.3 is 9.84 Å². The molecular weight excluding hydrogens is 292 g/mol. The molecule has 0 saturated heterocycles. The molecule has 0 bridgehead atoms. The fraction of sp³-hybridized carbons (Fsp3) is 0.455. The van der Waals surface area contributed by atoms with Crippen LogP contribution in [0.3, 0.4) is 0 Å². The van der Waals surface area contributed by atoms with Crippen molar-refractivity contribution in [3.05, 3.63) is 33.8 Å². The summed E-state index contributed by atoms with van der Waals surface area (Å²) in [5, 5.41) is 10.4. The zero-order chi connectivity index (χ0) is 13.8. The average molecular weight is 303 g/mol. The van der Waals surface area contributed by atoms with Crippen LogP contribution in [0.2, 0.25) is 10.0 Å². The van der Waals surface area contributed by atoms with E-state index < -0.39 is 18.9 Å². The van der Waals surface area contributed by atoms with Crippen molar-refractivity contribution in [2.75, 3.05) is 13.2 Å². The first kappa shape index (κ1) is 15.6. The topological polar surface area (TPSA) is 29.5 Å². The molecule has 1 aromatic carbocycles. The van der Waals surface area contributed by atoms with Crippen molar-refractivity contribution < 1.29 is 23.0 Å². The Kier molecular flexibility index (Phi) is 5.72. The molecule has 0 saturated carbocycles. The summed E-state index contributed by atoms with van der Waals surface area (Å²) < 4.78 is 39.8. The van der Waals surface area contributed by atoms with E-state index in [0.717, 1.165) is 0 Å². The largest absolute Gasteiger partial charge is 0.411 e. The van der Waals surface area contributed by atoms with E-state index in [9.17, 15) is 18.3 Å². The Hall–Kier alpha value is -0.490. The number of ether oxygens (including phenoxy) is 1. The van der Waals surface area contributed by atoms with Gasteiger partial charge in [0.05, 0.1) is 6.10 Å². The van der Waals surface area contributed by atoms with Gasteiger partial charge in [0.25, 0.3) is 0 Å². The van der Waals surface area contributed by atoms with E-state index in [2.05, 4.69) is 4.74 Å². The van der Waals surface area contributed by atoms with Crippen LogP contribution in [0.25, 0.3) is 0 Å². The lowest BCUT2D eigenvalue weighted by atomic mass is 10.1. The number of aliphatic hydroxyl groups is 1. The summed E-state index contributed by atoms with van der Waals surface area (Å²) in [6.07, 6.45) is -5.32. The maximum atomic E-state index is 11.8. The van der Waals surface area contributed by atoms with E-state index in [1.807, 2.05) is 0 Å². The smallest absolute Gasteiger partial charge is 0.388 e. The van der Waals surface area contributed by atoms with Crippen molar-refractivity contribution in [3.63, 3.8) is 0 Å². The molecule has 0 heterocycles. The third-order valence-corrected chi connectivity index (χ3v) is 2.69. The molecule has 18 heavy (non-hydrogen) atoms. The van der Waals surface area contributed by atoms with Crippen molar-refractivity contribution in [3.8, 4) is 0 Å². The van der Waals surface area contributed by atoms with E-state index in [-0.39, 0.29) is 18.1 Å². The molecule has 0 aliphatic carbocycles. The minimum absolute atomic E-state index is 0.0252. The number of rotatable bonds is 5. The lowest BCUT2D eigenvalue weighted by Gasteiger charge is -2.13. The number of benzene rings is 1. The van der Waals surface area contributed by atoms with Crippen molar-refractivity contribution in [1.29, 1.82) is 0 Å². The number of hydrogen-bond acceptors (Lipinski definition) is 2. The van der Waals surface area contributed by atoms with Crippen LogP contribution >= 0.6 is 23.2 Å². The summed E-state index contributed by atoms with van der Waals surface area (Å²) in [6.45, 7) is -1.53. The van der Waals surface area contributed by atoms with Crippen LogP contribution < -0.4 is 0 Å². The summed E-state index contributed by atoms with van der Waals surface area (Å²) in [5.74, 6) is 0. The molecule has 0 aromatic heterocycles. The standard InChI is InChI=1S/C11H11Cl2F3O2/c12-7-1-2-8(9(13)5-7)10(17)3-4-18-6-11(14,15)16/h1-2,5,10,17H,3-4,6H2. The van der Waals surface area contributed by atoms with Gasteiger partial charge in [0.2, 0.25) is 0 Å². The third kappa shape index (κ3) is 5.44. The Morgan fingerprint density at radius 3 is 2.50 bits per heavy atom. The van der Waals surface area contributed by atoms with Crippen LogP contribution in [-0.2, 0) is 4.74 Å². The van der Waals surface area contributed by atoms with Gasteiger partial charge >= 0.3 is 6.18 Å². The predicted octanol–water partition coefficient (Wildman–Crippen LogP) is 4.00. The van der Waals surface area contributed by atoms with Gasteiger partial charge in [-0.15, -0.1) is 0 Å². The van der Waals surface area contributed by atoms with Crippen LogP contribution in [-0.4, -0.2) is 24.5 Å². The van der Waals surface area contributed by atoms with E-state index in [1.54, 1.807) is 6.07 Å². The first-order valence-corrected chi connectivity index (χ1v) is 5.82. The predicted molar refractivity (Wildman–Crippen MR) is 62.9 cm³/mol. The number of aliphatic hydroxyl groups excluding tert-OH is 1. The number of alkyl halides is 3. The molecule has 1 unspecified atom stereocenters. The van der Waals surface area contributed by atoms with Crippen molar-refractivity contribution >= 4 is 23.2 Å². The number of halogens is 5. The van der Waals surface area contributed by atoms with Crippen molar-refractivity contribution in [2.45, 2.75) is 18.7 Å². The highest BCUT2D eigenvalue weighted by atomic mass is 35.5. The summed E-state index contributed by atoms with van der Waals surface area (Å²) in [7, 11) is 0. The molecule has 0 spiro atoms. The minimum Gasteiger partial charge on any atom is -0.388 e. The molecule has 0 aliphatic rings. The van der Waals surface area contributed by atoms with E-state index in [0.29, 0.717) is 10.6 Å². The van der Waals surface area contributed by atoms with Gasteiger partial charge in [-0.25, -0.2) is 0 Å². The minimum atomic E-state index is -4.36. The maximum Gasteiger partial charge on any atom is 0.411 e. The van der Waals surface area contributed by atoms with E-state index in [1.165, 1.54) is 12.1 Å². The second kappa shape index (κ2) is 6.61. The van der Waals surface area contributed by atoms with Gasteiger partial charge in [0, 0.05) is 23.1 Å². The molecular formula is C11H11Cl2F3O2. The Morgan fingerprint density at radius 2 is 1.94 bits per heavy atom. The van der Waals surface area contributed by atoms with Crippen LogP contribution in [0, 0.1) is 0 Å².